The van der Waals surface area contributed by atoms with Gasteiger partial charge in [0, 0.05) is 12.5 Å². The van der Waals surface area contributed by atoms with E-state index in [4.69, 9.17) is 9.47 Å². The minimum absolute atomic E-state index is 0.0598. The molecular formula is C19H18FNO6. The largest absolute Gasteiger partial charge is 0.506 e. The van der Waals surface area contributed by atoms with Crippen molar-refractivity contribution in [2.24, 2.45) is 0 Å². The van der Waals surface area contributed by atoms with E-state index in [0.29, 0.717) is 5.56 Å². The lowest BCUT2D eigenvalue weighted by molar-refractivity contribution is -0.141. The normalized spacial score (nSPS) is 10.2. The first-order valence-corrected chi connectivity index (χ1v) is 7.92. The molecule has 0 saturated heterocycles. The van der Waals surface area contributed by atoms with E-state index in [1.54, 1.807) is 0 Å². The molecule has 0 aliphatic carbocycles. The number of phenolic OH excluding ortho intramolecular Hbond substituents is 1. The lowest BCUT2D eigenvalue weighted by Crippen LogP contribution is -2.16. The summed E-state index contributed by atoms with van der Waals surface area (Å²) in [7, 11) is 1.33. The molecule has 2 aromatic rings. The maximum atomic E-state index is 13.6. The number of carbonyl (C=O) groups excluding carboxylic acids is 3. The fourth-order valence-corrected chi connectivity index (χ4v) is 2.27. The molecule has 2 aromatic carbocycles. The first-order chi connectivity index (χ1) is 12.8. The van der Waals surface area contributed by atoms with Crippen LogP contribution >= 0.6 is 0 Å². The molecule has 0 aromatic heterocycles. The Labute approximate surface area is 154 Å². The molecule has 2 rings (SSSR count). The zero-order chi connectivity index (χ0) is 20.0. The SMILES string of the molecule is COc1ccc(CC(=O)OCC(=O)c2ccc(O)c(NC(C)=O)c2)cc1F. The monoisotopic (exact) mass is 375 g/mol. The third kappa shape index (κ3) is 5.53. The van der Waals surface area contributed by atoms with Crippen molar-refractivity contribution in [1.29, 1.82) is 0 Å². The summed E-state index contributed by atoms with van der Waals surface area (Å²) in [5.74, 6) is -2.36. The van der Waals surface area contributed by atoms with Gasteiger partial charge >= 0.3 is 5.97 Å². The van der Waals surface area contributed by atoms with E-state index in [1.807, 2.05) is 0 Å². The van der Waals surface area contributed by atoms with Gasteiger partial charge in [-0.3, -0.25) is 14.4 Å². The number of hydrogen-bond donors (Lipinski definition) is 2. The highest BCUT2D eigenvalue weighted by Crippen LogP contribution is 2.24. The Morgan fingerprint density at radius 2 is 1.89 bits per heavy atom. The number of methoxy groups -OCH3 is 1. The Bertz CT molecular complexity index is 880. The smallest absolute Gasteiger partial charge is 0.310 e. The molecule has 7 nitrogen and oxygen atoms in total. The molecule has 0 saturated carbocycles. The van der Waals surface area contributed by atoms with Crippen LogP contribution in [0.1, 0.15) is 22.8 Å². The zero-order valence-corrected chi connectivity index (χ0v) is 14.7. The number of rotatable bonds is 7. The van der Waals surface area contributed by atoms with Crippen molar-refractivity contribution in [2.75, 3.05) is 19.0 Å². The number of aromatic hydroxyl groups is 1. The number of hydrogen-bond acceptors (Lipinski definition) is 6. The summed E-state index contributed by atoms with van der Waals surface area (Å²) in [5, 5.41) is 12.0. The van der Waals surface area contributed by atoms with Crippen molar-refractivity contribution < 1.29 is 33.4 Å². The van der Waals surface area contributed by atoms with Crippen molar-refractivity contribution in [1.82, 2.24) is 0 Å². The first kappa shape index (κ1) is 19.9. The predicted octanol–water partition coefficient (Wildman–Crippen LogP) is 2.47. The number of halogens is 1. The second-order valence-electron chi connectivity index (χ2n) is 5.64. The number of esters is 1. The molecule has 2 N–H and O–H groups in total. The minimum atomic E-state index is -0.700. The Morgan fingerprint density at radius 3 is 2.52 bits per heavy atom. The first-order valence-electron chi connectivity index (χ1n) is 7.92. The van der Waals surface area contributed by atoms with E-state index in [-0.39, 0.29) is 29.2 Å². The highest BCUT2D eigenvalue weighted by atomic mass is 19.1. The number of carbonyl (C=O) groups is 3. The van der Waals surface area contributed by atoms with Crippen LogP contribution in [0.4, 0.5) is 10.1 Å². The van der Waals surface area contributed by atoms with Gasteiger partial charge in [0.25, 0.3) is 0 Å². The molecule has 8 heteroatoms. The van der Waals surface area contributed by atoms with Crippen LogP contribution in [-0.4, -0.2) is 36.5 Å². The van der Waals surface area contributed by atoms with Gasteiger partial charge < -0.3 is 19.9 Å². The molecule has 0 radical (unpaired) electrons. The summed E-state index contributed by atoms with van der Waals surface area (Å²) in [6, 6.07) is 7.94. The van der Waals surface area contributed by atoms with Crippen molar-refractivity contribution in [3.63, 3.8) is 0 Å². The van der Waals surface area contributed by atoms with Crippen molar-refractivity contribution in [3.8, 4) is 11.5 Å². The number of amides is 1. The van der Waals surface area contributed by atoms with Gasteiger partial charge in [0.15, 0.2) is 24.0 Å². The van der Waals surface area contributed by atoms with Crippen LogP contribution in [0.3, 0.4) is 0 Å². The second kappa shape index (κ2) is 8.79. The van der Waals surface area contributed by atoms with Gasteiger partial charge in [-0.1, -0.05) is 6.07 Å². The molecule has 0 aliphatic rings. The molecule has 0 atom stereocenters. The van der Waals surface area contributed by atoms with Crippen LogP contribution in [-0.2, 0) is 20.7 Å². The van der Waals surface area contributed by atoms with Crippen LogP contribution in [0, 0.1) is 5.82 Å². The van der Waals surface area contributed by atoms with Crippen LogP contribution in [0.15, 0.2) is 36.4 Å². The molecule has 0 aliphatic heterocycles. The van der Waals surface area contributed by atoms with Gasteiger partial charge in [-0.25, -0.2) is 4.39 Å². The Morgan fingerprint density at radius 1 is 1.15 bits per heavy atom. The molecule has 142 valence electrons. The van der Waals surface area contributed by atoms with Gasteiger partial charge in [0.2, 0.25) is 5.91 Å². The summed E-state index contributed by atoms with van der Waals surface area (Å²) in [4.78, 5) is 35.1. The van der Waals surface area contributed by atoms with Crippen LogP contribution in [0.2, 0.25) is 0 Å². The molecule has 0 spiro atoms. The van der Waals surface area contributed by atoms with Crippen molar-refractivity contribution in [3.05, 3.63) is 53.3 Å². The fourth-order valence-electron chi connectivity index (χ4n) is 2.27. The molecule has 0 fully saturated rings. The van der Waals surface area contributed by atoms with Gasteiger partial charge in [-0.2, -0.15) is 0 Å². The van der Waals surface area contributed by atoms with Gasteiger partial charge in [0.1, 0.15) is 5.75 Å². The van der Waals surface area contributed by atoms with Gasteiger partial charge in [-0.05, 0) is 35.9 Å². The van der Waals surface area contributed by atoms with E-state index in [9.17, 15) is 23.9 Å². The summed E-state index contributed by atoms with van der Waals surface area (Å²) in [5.41, 5.74) is 0.608. The van der Waals surface area contributed by atoms with E-state index in [0.717, 1.165) is 6.07 Å². The van der Waals surface area contributed by atoms with Crippen molar-refractivity contribution in [2.45, 2.75) is 13.3 Å². The number of nitrogens with one attached hydrogen (secondary N) is 1. The van der Waals surface area contributed by atoms with E-state index < -0.39 is 30.1 Å². The number of ketones is 1. The average molecular weight is 375 g/mol. The number of ether oxygens (including phenoxy) is 2. The highest BCUT2D eigenvalue weighted by Gasteiger charge is 2.14. The standard InChI is InChI=1S/C19H18FNO6/c1-11(22)21-15-9-13(4-5-16(15)23)17(24)10-27-19(25)8-12-3-6-18(26-2)14(20)7-12/h3-7,9,23H,8,10H2,1-2H3,(H,21,22). The zero-order valence-electron chi connectivity index (χ0n) is 14.7. The van der Waals surface area contributed by atoms with Crippen LogP contribution in [0.25, 0.3) is 0 Å². The maximum Gasteiger partial charge on any atom is 0.310 e. The number of phenols is 1. The maximum absolute atomic E-state index is 13.6. The molecule has 27 heavy (non-hydrogen) atoms. The lowest BCUT2D eigenvalue weighted by Gasteiger charge is -2.09. The summed E-state index contributed by atoms with van der Waals surface area (Å²) < 4.78 is 23.3. The summed E-state index contributed by atoms with van der Waals surface area (Å²) in [6.45, 7) is 0.736. The third-order valence-electron chi connectivity index (χ3n) is 3.56. The highest BCUT2D eigenvalue weighted by molar-refractivity contribution is 6.00. The lowest BCUT2D eigenvalue weighted by atomic mass is 10.1. The minimum Gasteiger partial charge on any atom is -0.506 e. The fraction of sp³-hybridized carbons (Fsp3) is 0.211. The molecular weight excluding hydrogens is 357 g/mol. The molecule has 0 bridgehead atoms. The van der Waals surface area contributed by atoms with Crippen LogP contribution < -0.4 is 10.1 Å². The Balaban J connectivity index is 1.95. The second-order valence-corrected chi connectivity index (χ2v) is 5.64. The Hall–Kier alpha value is -3.42. The number of benzene rings is 2. The van der Waals surface area contributed by atoms with E-state index in [1.165, 1.54) is 44.4 Å². The quantitative estimate of drug-likeness (QED) is 0.438. The number of Topliss-reactive ketones (excluding diaryl/α,β-unsaturated/α-hetero) is 1. The van der Waals surface area contributed by atoms with Crippen LogP contribution in [0.5, 0.6) is 11.5 Å². The van der Waals surface area contributed by atoms with Gasteiger partial charge in [-0.15, -0.1) is 0 Å². The van der Waals surface area contributed by atoms with Crippen molar-refractivity contribution >= 4 is 23.3 Å². The summed E-state index contributed by atoms with van der Waals surface area (Å²) in [6.07, 6.45) is -0.207. The number of anilines is 1. The molecule has 0 heterocycles. The van der Waals surface area contributed by atoms with Gasteiger partial charge in [0.05, 0.1) is 19.2 Å². The average Bonchev–Trinajstić information content (AvgIpc) is 2.61. The van der Waals surface area contributed by atoms with E-state index in [2.05, 4.69) is 5.32 Å². The predicted molar refractivity (Wildman–Crippen MR) is 94.4 cm³/mol. The van der Waals surface area contributed by atoms with E-state index >= 15 is 0 Å². The summed E-state index contributed by atoms with van der Waals surface area (Å²) >= 11 is 0. The third-order valence-corrected chi connectivity index (χ3v) is 3.56. The topological polar surface area (TPSA) is 102 Å². The molecule has 1 amide bonds. The Kier molecular flexibility index (Phi) is 6.48. The molecule has 0 unspecified atom stereocenters.